The summed E-state index contributed by atoms with van der Waals surface area (Å²) in [6.07, 6.45) is 7.56. The molecule has 0 saturated carbocycles. The number of para-hydroxylation sites is 1. The van der Waals surface area contributed by atoms with Crippen LogP contribution in [0.3, 0.4) is 0 Å². The van der Waals surface area contributed by atoms with Crippen LogP contribution in [0.2, 0.25) is 0 Å². The van der Waals surface area contributed by atoms with Gasteiger partial charge in [-0.25, -0.2) is 4.79 Å². The Balaban J connectivity index is 0.950. The van der Waals surface area contributed by atoms with E-state index < -0.39 is 10.2 Å². The average Bonchev–Trinajstić information content (AvgIpc) is 3.30. The highest BCUT2D eigenvalue weighted by Crippen LogP contribution is 2.26. The van der Waals surface area contributed by atoms with Crippen molar-refractivity contribution < 1.29 is 13.2 Å². The Morgan fingerprint density at radius 1 is 0.977 bits per heavy atom. The van der Waals surface area contributed by atoms with Gasteiger partial charge >= 0.3 is 5.69 Å². The van der Waals surface area contributed by atoms with Gasteiger partial charge in [-0.2, -0.15) is 17.0 Å². The van der Waals surface area contributed by atoms with Gasteiger partial charge in [0.25, 0.3) is 10.2 Å². The fourth-order valence-electron chi connectivity index (χ4n) is 7.45. The summed E-state index contributed by atoms with van der Waals surface area (Å²) in [5.74, 6) is 7.02. The number of nitrogens with zero attached hydrogens (tertiary/aromatic N) is 5. The lowest BCUT2D eigenvalue weighted by Gasteiger charge is -2.39. The van der Waals surface area contributed by atoms with Crippen molar-refractivity contribution in [3.63, 3.8) is 0 Å². The molecular weight excluding hydrogens is 578 g/mol. The van der Waals surface area contributed by atoms with Crippen molar-refractivity contribution >= 4 is 21.2 Å². The number of likely N-dealkylation sites (tertiary alicyclic amines) is 1. The van der Waals surface area contributed by atoms with Crippen LogP contribution in [-0.4, -0.2) is 109 Å². The predicted octanol–water partition coefficient (Wildman–Crippen LogP) is 1.48. The molecule has 242 valence electrons. The molecule has 2 aromatic rings. The van der Waals surface area contributed by atoms with Crippen LogP contribution in [0.15, 0.2) is 23.0 Å². The standard InChI is InChI=1S/C32H49N7O4S/c1-35-31-26(5-2-8-30(31)39(32(35)40)28-7-3-15-34-23-28)6-4-22-43-29-13-16-36(17-14-29)24-25-9-18-37(19-10-25)44(41,42)38-20-11-27(33)12-21-38/h2,5,8,25,27-29,34H,3,7,9-24,33H2,1H3. The maximum absolute atomic E-state index is 13.1. The number of aryl methyl sites for hydroxylation is 1. The van der Waals surface area contributed by atoms with Crippen molar-refractivity contribution in [2.75, 3.05) is 65.5 Å². The van der Waals surface area contributed by atoms with Gasteiger partial charge in [0.1, 0.15) is 6.61 Å². The van der Waals surface area contributed by atoms with Crippen LogP contribution in [0.4, 0.5) is 0 Å². The molecule has 6 rings (SSSR count). The van der Waals surface area contributed by atoms with Crippen LogP contribution >= 0.6 is 0 Å². The van der Waals surface area contributed by atoms with E-state index in [-0.39, 0.29) is 23.9 Å². The fourth-order valence-corrected chi connectivity index (χ4v) is 9.12. The van der Waals surface area contributed by atoms with Crippen molar-refractivity contribution in [2.24, 2.45) is 18.7 Å². The van der Waals surface area contributed by atoms with Gasteiger partial charge < -0.3 is 20.7 Å². The van der Waals surface area contributed by atoms with E-state index in [1.165, 1.54) is 0 Å². The second-order valence-corrected chi connectivity index (χ2v) is 15.0. The zero-order valence-electron chi connectivity index (χ0n) is 26.1. The summed E-state index contributed by atoms with van der Waals surface area (Å²) in [4.78, 5) is 15.7. The summed E-state index contributed by atoms with van der Waals surface area (Å²) in [6.45, 7) is 7.51. The van der Waals surface area contributed by atoms with Gasteiger partial charge in [-0.05, 0) is 76.0 Å². The Bertz CT molecular complexity index is 1500. The molecule has 12 heteroatoms. The monoisotopic (exact) mass is 627 g/mol. The van der Waals surface area contributed by atoms with Gasteiger partial charge in [-0.1, -0.05) is 17.9 Å². The highest BCUT2D eigenvalue weighted by Gasteiger charge is 2.35. The molecule has 1 aromatic heterocycles. The van der Waals surface area contributed by atoms with Crippen LogP contribution in [0, 0.1) is 17.8 Å². The molecule has 0 bridgehead atoms. The topological polar surface area (TPSA) is 118 Å². The van der Waals surface area contributed by atoms with Gasteiger partial charge in [-0.3, -0.25) is 9.13 Å². The number of benzene rings is 1. The lowest BCUT2D eigenvalue weighted by molar-refractivity contribution is 0.0188. The Kier molecular flexibility index (Phi) is 10.1. The Morgan fingerprint density at radius 2 is 1.68 bits per heavy atom. The molecule has 0 amide bonds. The van der Waals surface area contributed by atoms with Crippen LogP contribution in [-0.2, 0) is 22.0 Å². The molecule has 0 spiro atoms. The molecule has 4 aliphatic heterocycles. The Labute approximate surface area is 261 Å². The minimum absolute atomic E-state index is 0.0182. The van der Waals surface area contributed by atoms with E-state index in [9.17, 15) is 13.2 Å². The van der Waals surface area contributed by atoms with Crippen LogP contribution < -0.4 is 16.7 Å². The molecule has 4 aliphatic rings. The first-order chi connectivity index (χ1) is 21.3. The van der Waals surface area contributed by atoms with Gasteiger partial charge in [-0.15, -0.1) is 0 Å². The number of nitrogens with two attached hydrogens (primary N) is 1. The molecule has 0 radical (unpaired) electrons. The number of piperidine rings is 4. The van der Waals surface area contributed by atoms with Crippen molar-refractivity contribution in [1.29, 1.82) is 0 Å². The first-order valence-electron chi connectivity index (χ1n) is 16.6. The number of rotatable bonds is 7. The minimum atomic E-state index is -3.37. The van der Waals surface area contributed by atoms with E-state index in [0.29, 0.717) is 38.7 Å². The number of ether oxygens (including phenoxy) is 1. The Morgan fingerprint density at radius 3 is 2.36 bits per heavy atom. The van der Waals surface area contributed by atoms with E-state index in [1.54, 1.807) is 13.2 Å². The SMILES string of the molecule is Cn1c(=O)n(C2CCCNC2)c2cccc(C#CCOC3CCN(CC4CCN(S(=O)(=O)N5CCC(N)CC5)CC4)CC3)c21. The molecule has 4 saturated heterocycles. The average molecular weight is 628 g/mol. The van der Waals surface area contributed by atoms with Gasteiger partial charge in [0.2, 0.25) is 0 Å². The number of hydrogen-bond donors (Lipinski definition) is 2. The van der Waals surface area contributed by atoms with E-state index >= 15 is 0 Å². The molecule has 44 heavy (non-hydrogen) atoms. The largest absolute Gasteiger partial charge is 0.365 e. The summed E-state index contributed by atoms with van der Waals surface area (Å²) < 4.78 is 39.3. The highest BCUT2D eigenvalue weighted by molar-refractivity contribution is 7.86. The van der Waals surface area contributed by atoms with Crippen molar-refractivity contribution in [3.05, 3.63) is 34.2 Å². The molecule has 1 atom stereocenters. The molecule has 1 aromatic carbocycles. The van der Waals surface area contributed by atoms with Crippen molar-refractivity contribution in [3.8, 4) is 11.8 Å². The van der Waals surface area contributed by atoms with Crippen molar-refractivity contribution in [2.45, 2.75) is 69.6 Å². The predicted molar refractivity (Wildman–Crippen MR) is 173 cm³/mol. The minimum Gasteiger partial charge on any atom is -0.365 e. The molecule has 4 fully saturated rings. The van der Waals surface area contributed by atoms with E-state index in [0.717, 1.165) is 101 Å². The van der Waals surface area contributed by atoms with Crippen LogP contribution in [0.25, 0.3) is 11.0 Å². The quantitative estimate of drug-likeness (QED) is 0.447. The summed E-state index contributed by atoms with van der Waals surface area (Å²) >= 11 is 0. The zero-order valence-corrected chi connectivity index (χ0v) is 26.9. The van der Waals surface area contributed by atoms with Gasteiger partial charge in [0, 0.05) is 65.4 Å². The summed E-state index contributed by atoms with van der Waals surface area (Å²) in [7, 11) is -1.53. The van der Waals surface area contributed by atoms with E-state index in [1.807, 2.05) is 29.8 Å². The third kappa shape index (κ3) is 6.94. The van der Waals surface area contributed by atoms with Crippen LogP contribution in [0.1, 0.15) is 63.0 Å². The van der Waals surface area contributed by atoms with Crippen molar-refractivity contribution in [1.82, 2.24) is 28.0 Å². The second-order valence-electron chi connectivity index (χ2n) is 13.1. The lowest BCUT2D eigenvalue weighted by atomic mass is 9.96. The third-order valence-corrected chi connectivity index (χ3v) is 12.2. The van der Waals surface area contributed by atoms with E-state index in [4.69, 9.17) is 10.5 Å². The number of aromatic nitrogens is 2. The molecule has 1 unspecified atom stereocenters. The molecule has 11 nitrogen and oxygen atoms in total. The zero-order chi connectivity index (χ0) is 30.7. The summed E-state index contributed by atoms with van der Waals surface area (Å²) in [6, 6.07) is 6.29. The maximum atomic E-state index is 13.1. The molecule has 5 heterocycles. The number of fused-ring (bicyclic) bond motifs is 1. The third-order valence-electron chi connectivity index (χ3n) is 10.1. The number of imidazole rings is 1. The lowest BCUT2D eigenvalue weighted by Crippen LogP contribution is -2.51. The van der Waals surface area contributed by atoms with Gasteiger partial charge in [0.15, 0.2) is 0 Å². The van der Waals surface area contributed by atoms with Crippen LogP contribution in [0.5, 0.6) is 0 Å². The van der Waals surface area contributed by atoms with Gasteiger partial charge in [0.05, 0.1) is 28.7 Å². The first-order valence-corrected chi connectivity index (χ1v) is 17.9. The van der Waals surface area contributed by atoms with E-state index in [2.05, 4.69) is 22.1 Å². The second kappa shape index (κ2) is 14.0. The Hall–Kier alpha value is -2.24. The number of hydrogen-bond acceptors (Lipinski definition) is 7. The smallest absolute Gasteiger partial charge is 0.329 e. The molecule has 0 aliphatic carbocycles. The fraction of sp³-hybridized carbons (Fsp3) is 0.719. The molecule has 3 N–H and O–H groups in total. The molecular formula is C32H49N7O4S. The maximum Gasteiger partial charge on any atom is 0.329 e. The first kappa shape index (κ1) is 31.7. The summed E-state index contributed by atoms with van der Waals surface area (Å²) in [5.41, 5.74) is 8.69. The number of nitrogens with one attached hydrogen (secondary N) is 1. The highest BCUT2D eigenvalue weighted by atomic mass is 32.2. The summed E-state index contributed by atoms with van der Waals surface area (Å²) in [5, 5.41) is 3.42. The normalized spacial score (nSPS) is 24.5.